The molecule has 6 nitrogen and oxygen atoms in total. The fraction of sp³-hybridized carbons (Fsp3) is 0.407. The van der Waals surface area contributed by atoms with E-state index in [9.17, 15) is 14.4 Å². The van der Waals surface area contributed by atoms with Crippen LogP contribution in [-0.4, -0.2) is 40.2 Å². The number of unbranched alkanes of at least 4 members (excludes halogenated alkanes) is 2. The Labute approximate surface area is 235 Å². The van der Waals surface area contributed by atoms with Gasteiger partial charge in [-0.3, -0.25) is 14.5 Å². The predicted molar refractivity (Wildman–Crippen MR) is 155 cm³/mol. The molecule has 1 aromatic carbocycles. The summed E-state index contributed by atoms with van der Waals surface area (Å²) in [6.07, 6.45) is 8.32. The number of benzene rings is 1. The van der Waals surface area contributed by atoms with Crippen LogP contribution in [0, 0.1) is 0 Å². The lowest BCUT2D eigenvalue weighted by Gasteiger charge is -2.14. The van der Waals surface area contributed by atoms with Crippen LogP contribution in [0.4, 0.5) is 5.00 Å². The Kier molecular flexibility index (Phi) is 9.81. The van der Waals surface area contributed by atoms with Gasteiger partial charge in [0.25, 0.3) is 5.91 Å². The van der Waals surface area contributed by atoms with Gasteiger partial charge in [-0.05, 0) is 74.8 Å². The van der Waals surface area contributed by atoms with Gasteiger partial charge < -0.3 is 10.1 Å². The van der Waals surface area contributed by atoms with Crippen LogP contribution in [0.2, 0.25) is 5.02 Å². The molecule has 0 bridgehead atoms. The first-order chi connectivity index (χ1) is 17.9. The minimum absolute atomic E-state index is 0.0872. The van der Waals surface area contributed by atoms with Gasteiger partial charge in [0, 0.05) is 22.9 Å². The molecule has 0 saturated carbocycles. The number of anilines is 1. The lowest BCUT2D eigenvalue weighted by atomic mass is 9.95. The van der Waals surface area contributed by atoms with Crippen molar-refractivity contribution in [1.29, 1.82) is 0 Å². The standard InChI is InChI=1S/C27H29ClN2O4S3/c1-2-34-26(33)23-19-8-5-6-9-20(19)36-24(23)29-22(31)10-4-3-7-15-30-25(32)21(37-27(30)35)16-17-11-13-18(28)14-12-17/h11-14,16H,2-10,15H2,1H3,(H,29,31)/b21-16-. The van der Waals surface area contributed by atoms with Crippen LogP contribution in [0.5, 0.6) is 0 Å². The number of thiophene rings is 1. The summed E-state index contributed by atoms with van der Waals surface area (Å²) >= 11 is 14.2. The van der Waals surface area contributed by atoms with Crippen molar-refractivity contribution in [1.82, 2.24) is 4.90 Å². The average Bonchev–Trinajstić information content (AvgIpc) is 3.36. The van der Waals surface area contributed by atoms with Crippen molar-refractivity contribution in [2.75, 3.05) is 18.5 Å². The van der Waals surface area contributed by atoms with Gasteiger partial charge in [0.2, 0.25) is 5.91 Å². The number of nitrogens with one attached hydrogen (secondary N) is 1. The van der Waals surface area contributed by atoms with Crippen LogP contribution < -0.4 is 5.32 Å². The number of halogens is 1. The zero-order valence-corrected chi connectivity index (χ0v) is 23.8. The van der Waals surface area contributed by atoms with E-state index in [1.54, 1.807) is 24.0 Å². The predicted octanol–water partition coefficient (Wildman–Crippen LogP) is 6.86. The Morgan fingerprint density at radius 2 is 1.92 bits per heavy atom. The Balaban J connectivity index is 1.25. The van der Waals surface area contributed by atoms with Gasteiger partial charge in [0.15, 0.2) is 0 Å². The molecule has 0 atom stereocenters. The van der Waals surface area contributed by atoms with Gasteiger partial charge in [-0.25, -0.2) is 4.79 Å². The first-order valence-electron chi connectivity index (χ1n) is 12.5. The van der Waals surface area contributed by atoms with E-state index in [0.717, 1.165) is 49.7 Å². The Morgan fingerprint density at radius 3 is 2.68 bits per heavy atom. The fourth-order valence-corrected chi connectivity index (χ4v) is 7.13. The number of esters is 1. The Hall–Kier alpha value is -2.20. The zero-order chi connectivity index (χ0) is 26.4. The van der Waals surface area contributed by atoms with E-state index < -0.39 is 0 Å². The zero-order valence-electron chi connectivity index (χ0n) is 20.6. The number of amides is 2. The Bertz CT molecular complexity index is 1220. The molecule has 2 heterocycles. The minimum atomic E-state index is -0.356. The summed E-state index contributed by atoms with van der Waals surface area (Å²) in [7, 11) is 0. The molecule has 2 aliphatic rings. The van der Waals surface area contributed by atoms with E-state index >= 15 is 0 Å². The maximum absolute atomic E-state index is 12.8. The number of carbonyl (C=O) groups is 3. The van der Waals surface area contributed by atoms with Crippen molar-refractivity contribution >= 4 is 80.1 Å². The molecule has 1 fully saturated rings. The lowest BCUT2D eigenvalue weighted by molar-refractivity contribution is -0.122. The molecule has 1 saturated heterocycles. The summed E-state index contributed by atoms with van der Waals surface area (Å²) in [4.78, 5) is 41.4. The van der Waals surface area contributed by atoms with E-state index in [-0.39, 0.29) is 17.8 Å². The van der Waals surface area contributed by atoms with Crippen LogP contribution in [-0.2, 0) is 27.2 Å². The van der Waals surface area contributed by atoms with Crippen molar-refractivity contribution < 1.29 is 19.1 Å². The van der Waals surface area contributed by atoms with E-state index in [2.05, 4.69) is 5.32 Å². The summed E-state index contributed by atoms with van der Waals surface area (Å²) in [5.74, 6) is -0.553. The number of thiocarbonyl (C=S) groups is 1. The molecule has 1 aliphatic heterocycles. The van der Waals surface area contributed by atoms with Crippen molar-refractivity contribution in [3.63, 3.8) is 0 Å². The molecule has 0 spiro atoms. The quantitative estimate of drug-likeness (QED) is 0.144. The van der Waals surface area contributed by atoms with Gasteiger partial charge >= 0.3 is 5.97 Å². The highest BCUT2D eigenvalue weighted by Crippen LogP contribution is 2.39. The molecule has 0 unspecified atom stereocenters. The molecule has 10 heteroatoms. The number of aryl methyl sites for hydroxylation is 1. The molecular weight excluding hydrogens is 548 g/mol. The van der Waals surface area contributed by atoms with Crippen molar-refractivity contribution in [2.45, 2.75) is 58.3 Å². The highest BCUT2D eigenvalue weighted by Gasteiger charge is 2.31. The highest BCUT2D eigenvalue weighted by molar-refractivity contribution is 8.26. The molecule has 196 valence electrons. The Morgan fingerprint density at radius 1 is 1.16 bits per heavy atom. The second-order valence-corrected chi connectivity index (χ2v) is 12.1. The molecule has 2 aromatic rings. The topological polar surface area (TPSA) is 75.7 Å². The van der Waals surface area contributed by atoms with Crippen LogP contribution in [0.25, 0.3) is 6.08 Å². The second kappa shape index (κ2) is 13.0. The van der Waals surface area contributed by atoms with Gasteiger partial charge in [-0.15, -0.1) is 11.3 Å². The average molecular weight is 577 g/mol. The maximum atomic E-state index is 12.8. The lowest BCUT2D eigenvalue weighted by Crippen LogP contribution is -2.29. The number of hydrogen-bond donors (Lipinski definition) is 1. The van der Waals surface area contributed by atoms with E-state index in [4.69, 9.17) is 28.6 Å². The van der Waals surface area contributed by atoms with E-state index in [0.29, 0.717) is 50.8 Å². The molecule has 1 aliphatic carbocycles. The second-order valence-electron chi connectivity index (χ2n) is 8.88. The molecule has 2 amide bonds. The monoisotopic (exact) mass is 576 g/mol. The fourth-order valence-electron chi connectivity index (χ4n) is 4.40. The first-order valence-corrected chi connectivity index (χ1v) is 14.9. The smallest absolute Gasteiger partial charge is 0.341 e. The molecule has 1 N–H and O–H groups in total. The number of ether oxygens (including phenoxy) is 1. The van der Waals surface area contributed by atoms with E-state index in [1.165, 1.54) is 28.0 Å². The molecule has 0 radical (unpaired) electrons. The van der Waals surface area contributed by atoms with Crippen LogP contribution in [0.1, 0.15) is 71.8 Å². The van der Waals surface area contributed by atoms with Gasteiger partial charge in [-0.1, -0.05) is 54.1 Å². The number of fused-ring (bicyclic) bond motifs is 1. The highest BCUT2D eigenvalue weighted by atomic mass is 35.5. The largest absolute Gasteiger partial charge is 0.462 e. The summed E-state index contributed by atoms with van der Waals surface area (Å²) in [6, 6.07) is 7.30. The number of rotatable bonds is 10. The SMILES string of the molecule is CCOC(=O)c1c(NC(=O)CCCCCN2C(=O)/C(=C/c3ccc(Cl)cc3)SC2=S)sc2c1CCCC2. The molecule has 1 aromatic heterocycles. The third kappa shape index (κ3) is 7.02. The van der Waals surface area contributed by atoms with Crippen molar-refractivity contribution in [3.05, 3.63) is 55.8 Å². The molecule has 4 rings (SSSR count). The summed E-state index contributed by atoms with van der Waals surface area (Å²) in [6.45, 7) is 2.61. The van der Waals surface area contributed by atoms with Crippen LogP contribution >= 0.6 is 46.9 Å². The van der Waals surface area contributed by atoms with Gasteiger partial charge in [0.1, 0.15) is 9.32 Å². The summed E-state index contributed by atoms with van der Waals surface area (Å²) < 4.78 is 5.81. The number of thioether (sulfide) groups is 1. The molecular formula is C27H29ClN2O4S3. The normalized spacial score (nSPS) is 16.3. The third-order valence-electron chi connectivity index (χ3n) is 6.23. The number of carbonyl (C=O) groups excluding carboxylic acids is 3. The third-order valence-corrected chi connectivity index (χ3v) is 9.07. The number of nitrogens with zero attached hydrogens (tertiary/aromatic N) is 1. The summed E-state index contributed by atoms with van der Waals surface area (Å²) in [5.41, 5.74) is 2.48. The summed E-state index contributed by atoms with van der Waals surface area (Å²) in [5, 5.41) is 4.22. The number of hydrogen-bond acceptors (Lipinski definition) is 7. The van der Waals surface area contributed by atoms with Crippen molar-refractivity contribution in [3.8, 4) is 0 Å². The van der Waals surface area contributed by atoms with Gasteiger partial charge in [0.05, 0.1) is 17.1 Å². The molecule has 37 heavy (non-hydrogen) atoms. The van der Waals surface area contributed by atoms with Crippen LogP contribution in [0.15, 0.2) is 29.2 Å². The first kappa shape index (κ1) is 27.8. The minimum Gasteiger partial charge on any atom is -0.462 e. The van der Waals surface area contributed by atoms with Crippen molar-refractivity contribution in [2.24, 2.45) is 0 Å². The maximum Gasteiger partial charge on any atom is 0.341 e. The van der Waals surface area contributed by atoms with Gasteiger partial charge in [-0.2, -0.15) is 0 Å². The van der Waals surface area contributed by atoms with Crippen LogP contribution in [0.3, 0.4) is 0 Å². The van der Waals surface area contributed by atoms with E-state index in [1.807, 2.05) is 18.2 Å².